The zero-order valence-electron chi connectivity index (χ0n) is 22.6. The Morgan fingerprint density at radius 2 is 1.81 bits per heavy atom. The number of ether oxygens (including phenoxy) is 1. The van der Waals surface area contributed by atoms with Crippen LogP contribution in [0.15, 0.2) is 24.3 Å². The highest BCUT2D eigenvalue weighted by atomic mass is 16.5. The van der Waals surface area contributed by atoms with Crippen LogP contribution < -0.4 is 15.5 Å². The van der Waals surface area contributed by atoms with Crippen LogP contribution in [0.1, 0.15) is 59.8 Å². The second kappa shape index (κ2) is 11.0. The Bertz CT molecular complexity index is 997. The molecule has 3 fully saturated rings. The normalized spacial score (nSPS) is 29.9. The average Bonchev–Trinajstić information content (AvgIpc) is 3.45. The van der Waals surface area contributed by atoms with Crippen LogP contribution in [0.5, 0.6) is 0 Å². The van der Waals surface area contributed by atoms with Gasteiger partial charge < -0.3 is 30.3 Å². The van der Waals surface area contributed by atoms with E-state index in [9.17, 15) is 19.5 Å². The smallest absolute Gasteiger partial charge is 0.250 e. The van der Waals surface area contributed by atoms with E-state index >= 15 is 0 Å². The molecule has 2 unspecified atom stereocenters. The van der Waals surface area contributed by atoms with E-state index in [1.807, 2.05) is 38.1 Å². The van der Waals surface area contributed by atoms with Gasteiger partial charge in [0, 0.05) is 44.2 Å². The molecule has 3 N–H and O–H groups in total. The molecule has 0 aliphatic carbocycles. The lowest BCUT2D eigenvalue weighted by Gasteiger charge is -2.33. The number of likely N-dealkylation sites (tertiary alicyclic amines) is 1. The van der Waals surface area contributed by atoms with Gasteiger partial charge in [0.25, 0.3) is 0 Å². The van der Waals surface area contributed by atoms with E-state index in [1.54, 1.807) is 4.90 Å². The second-order valence-electron chi connectivity index (χ2n) is 10.7. The van der Waals surface area contributed by atoms with Gasteiger partial charge in [-0.15, -0.1) is 0 Å². The highest BCUT2D eigenvalue weighted by molar-refractivity contribution is 6.03. The predicted molar refractivity (Wildman–Crippen MR) is 142 cm³/mol. The van der Waals surface area contributed by atoms with Crippen LogP contribution in [0.4, 0.5) is 11.4 Å². The Hall–Kier alpha value is -2.65. The maximum atomic E-state index is 13.9. The molecular weight excluding hydrogens is 472 g/mol. The first-order valence-corrected chi connectivity index (χ1v) is 13.8. The molecule has 4 rings (SSSR count). The molecule has 5 atom stereocenters. The van der Waals surface area contributed by atoms with Crippen LogP contribution in [-0.2, 0) is 19.1 Å². The lowest BCUT2D eigenvalue weighted by atomic mass is 9.66. The first-order chi connectivity index (χ1) is 17.8. The van der Waals surface area contributed by atoms with Gasteiger partial charge in [-0.05, 0) is 77.1 Å². The molecule has 0 aromatic heterocycles. The van der Waals surface area contributed by atoms with Crippen molar-refractivity contribution in [3.8, 4) is 0 Å². The van der Waals surface area contributed by atoms with E-state index in [-0.39, 0.29) is 24.3 Å². The number of anilines is 2. The lowest BCUT2D eigenvalue weighted by Crippen LogP contribution is -2.53. The lowest BCUT2D eigenvalue weighted by molar-refractivity contribution is -0.144. The molecule has 3 aliphatic heterocycles. The fourth-order valence-corrected chi connectivity index (χ4v) is 6.67. The third-order valence-electron chi connectivity index (χ3n) is 8.43. The molecule has 204 valence electrons. The van der Waals surface area contributed by atoms with Crippen molar-refractivity contribution >= 4 is 29.1 Å². The maximum Gasteiger partial charge on any atom is 0.250 e. The minimum atomic E-state index is -1.04. The zero-order valence-corrected chi connectivity index (χ0v) is 22.6. The molecule has 37 heavy (non-hydrogen) atoms. The molecule has 1 aromatic rings. The van der Waals surface area contributed by atoms with Crippen LogP contribution in [0.2, 0.25) is 0 Å². The molecule has 0 radical (unpaired) electrons. The van der Waals surface area contributed by atoms with Crippen molar-refractivity contribution in [2.45, 2.75) is 77.0 Å². The Labute approximate surface area is 219 Å². The summed E-state index contributed by atoms with van der Waals surface area (Å²) in [6.07, 6.45) is 3.06. The van der Waals surface area contributed by atoms with Gasteiger partial charge in [-0.1, -0.05) is 6.92 Å². The Balaban J connectivity index is 1.63. The molecule has 1 spiro atoms. The topological polar surface area (TPSA) is 111 Å². The number of rotatable bonds is 12. The summed E-state index contributed by atoms with van der Waals surface area (Å²) < 4.78 is 6.60. The number of nitrogens with one attached hydrogen (secondary N) is 2. The second-order valence-corrected chi connectivity index (χ2v) is 10.7. The molecule has 9 heteroatoms. The van der Waals surface area contributed by atoms with Crippen molar-refractivity contribution in [3.05, 3.63) is 24.3 Å². The number of carbonyl (C=O) groups is 3. The Morgan fingerprint density at radius 1 is 1.11 bits per heavy atom. The highest BCUT2D eigenvalue weighted by Crippen LogP contribution is 2.63. The van der Waals surface area contributed by atoms with Crippen molar-refractivity contribution < 1.29 is 24.2 Å². The number of benzene rings is 1. The summed E-state index contributed by atoms with van der Waals surface area (Å²) in [4.78, 5) is 44.8. The first kappa shape index (κ1) is 27.4. The van der Waals surface area contributed by atoms with Crippen molar-refractivity contribution in [3.63, 3.8) is 0 Å². The quantitative estimate of drug-likeness (QED) is 0.370. The summed E-state index contributed by atoms with van der Waals surface area (Å²) in [5, 5.41) is 15.3. The number of nitrogens with zero attached hydrogens (tertiary/aromatic N) is 2. The van der Waals surface area contributed by atoms with Gasteiger partial charge in [0.05, 0.1) is 17.4 Å². The average molecular weight is 515 g/mol. The Kier molecular flexibility index (Phi) is 8.14. The summed E-state index contributed by atoms with van der Waals surface area (Å²) in [6.45, 7) is 10.8. The summed E-state index contributed by atoms with van der Waals surface area (Å²) >= 11 is 0. The minimum Gasteiger partial charge on any atom is -0.396 e. The number of aliphatic hydroxyl groups is 1. The van der Waals surface area contributed by atoms with Gasteiger partial charge in [0.2, 0.25) is 17.7 Å². The number of fused-ring (bicyclic) bond motifs is 1. The summed E-state index contributed by atoms with van der Waals surface area (Å²) in [5.41, 5.74) is -0.0847. The van der Waals surface area contributed by atoms with E-state index in [2.05, 4.69) is 29.4 Å². The predicted octanol–water partition coefficient (Wildman–Crippen LogP) is 2.53. The molecule has 3 amide bonds. The van der Waals surface area contributed by atoms with Crippen LogP contribution in [0, 0.1) is 11.8 Å². The van der Waals surface area contributed by atoms with Gasteiger partial charge in [0.1, 0.15) is 11.6 Å². The van der Waals surface area contributed by atoms with E-state index in [4.69, 9.17) is 4.74 Å². The monoisotopic (exact) mass is 514 g/mol. The first-order valence-electron chi connectivity index (χ1n) is 13.8. The molecule has 3 aliphatic rings. The molecule has 2 bridgehead atoms. The molecule has 0 saturated carbocycles. The van der Waals surface area contributed by atoms with Gasteiger partial charge in [-0.2, -0.15) is 0 Å². The third-order valence-corrected chi connectivity index (χ3v) is 8.43. The molecule has 3 saturated heterocycles. The van der Waals surface area contributed by atoms with Gasteiger partial charge in [-0.3, -0.25) is 14.4 Å². The van der Waals surface area contributed by atoms with Crippen LogP contribution in [0.25, 0.3) is 0 Å². The summed E-state index contributed by atoms with van der Waals surface area (Å²) in [7, 11) is 0. The largest absolute Gasteiger partial charge is 0.396 e. The van der Waals surface area contributed by atoms with Crippen molar-refractivity contribution in [2.75, 3.05) is 43.0 Å². The summed E-state index contributed by atoms with van der Waals surface area (Å²) in [6, 6.07) is 6.88. The van der Waals surface area contributed by atoms with E-state index in [0.717, 1.165) is 25.2 Å². The zero-order chi connectivity index (χ0) is 26.8. The fraction of sp³-hybridized carbons (Fsp3) is 0.679. The number of carbonyl (C=O) groups excluding carboxylic acids is 3. The van der Waals surface area contributed by atoms with Crippen molar-refractivity contribution in [2.24, 2.45) is 11.8 Å². The van der Waals surface area contributed by atoms with Gasteiger partial charge in [0.15, 0.2) is 0 Å². The number of amides is 3. The number of aliphatic hydroxyl groups excluding tert-OH is 1. The SMILES string of the molecule is CCCNC(=O)[C@@H]1[C@H]2C(=O)N(CCCCO)C(C(=O)Nc3ccc(N(CC)CC)cc3)C23CC[C@@]1(C)O3. The van der Waals surface area contributed by atoms with Crippen LogP contribution in [0.3, 0.4) is 0 Å². The van der Waals surface area contributed by atoms with E-state index in [0.29, 0.717) is 44.5 Å². The molecule has 3 heterocycles. The highest BCUT2D eigenvalue weighted by Gasteiger charge is 2.77. The van der Waals surface area contributed by atoms with Gasteiger partial charge >= 0.3 is 0 Å². The molecular formula is C28H42N4O5. The van der Waals surface area contributed by atoms with E-state index in [1.165, 1.54) is 0 Å². The number of unbranched alkanes of at least 4 members (excludes halogenated alkanes) is 1. The van der Waals surface area contributed by atoms with Gasteiger partial charge in [-0.25, -0.2) is 0 Å². The van der Waals surface area contributed by atoms with Crippen molar-refractivity contribution in [1.82, 2.24) is 10.2 Å². The maximum absolute atomic E-state index is 13.9. The molecule has 9 nitrogen and oxygen atoms in total. The minimum absolute atomic E-state index is 0.0168. The number of hydrogen-bond acceptors (Lipinski definition) is 6. The van der Waals surface area contributed by atoms with E-state index < -0.39 is 29.1 Å². The Morgan fingerprint density at radius 3 is 2.43 bits per heavy atom. The standard InChI is InChI=1S/C28H42N4O5/c1-5-16-29-24(34)21-22-26(36)32(17-8-9-18-33)23(28(22)15-14-27(21,4)37-28)25(35)30-19-10-12-20(13-11-19)31(6-2)7-3/h10-13,21-23,33H,5-9,14-18H2,1-4H3,(H,29,34)(H,30,35)/t21-,22-,23?,27+,28?/m0/s1. The van der Waals surface area contributed by atoms with Crippen LogP contribution in [-0.4, -0.2) is 77.8 Å². The third kappa shape index (κ3) is 4.72. The van der Waals surface area contributed by atoms with Crippen molar-refractivity contribution in [1.29, 1.82) is 0 Å². The molecule has 1 aromatic carbocycles. The van der Waals surface area contributed by atoms with Crippen LogP contribution >= 0.6 is 0 Å². The fourth-order valence-electron chi connectivity index (χ4n) is 6.67. The number of hydrogen-bond donors (Lipinski definition) is 3. The summed E-state index contributed by atoms with van der Waals surface area (Å²) in [5.74, 6) is -2.00.